The summed E-state index contributed by atoms with van der Waals surface area (Å²) in [7, 11) is 0. The van der Waals surface area contributed by atoms with Gasteiger partial charge in [0, 0.05) is 5.69 Å². The predicted octanol–water partition coefficient (Wildman–Crippen LogP) is 2.86. The first kappa shape index (κ1) is 15.2. The van der Waals surface area contributed by atoms with Gasteiger partial charge in [-0.15, -0.1) is 0 Å². The Labute approximate surface area is 127 Å². The number of hydrogen-bond donors (Lipinski definition) is 3. The van der Waals surface area contributed by atoms with Crippen molar-refractivity contribution in [2.24, 2.45) is 5.84 Å². The third-order valence-corrected chi connectivity index (χ3v) is 2.94. The van der Waals surface area contributed by atoms with Crippen LogP contribution in [0.15, 0.2) is 18.5 Å². The summed E-state index contributed by atoms with van der Waals surface area (Å²) in [6.45, 7) is 0. The van der Waals surface area contributed by atoms with Gasteiger partial charge in [0.25, 0.3) is 0 Å². The Bertz CT molecular complexity index is 691. The number of aromatic nitrogens is 2. The first-order chi connectivity index (χ1) is 9.93. The van der Waals surface area contributed by atoms with Crippen molar-refractivity contribution < 1.29 is 9.31 Å². The highest BCUT2D eigenvalue weighted by molar-refractivity contribution is 6.35. The Kier molecular flexibility index (Phi) is 4.36. The van der Waals surface area contributed by atoms with Crippen LogP contribution in [0.1, 0.15) is 0 Å². The zero-order valence-corrected chi connectivity index (χ0v) is 11.6. The molecular formula is C10H7Cl2FN6O2. The average Bonchev–Trinajstić information content (AvgIpc) is 2.44. The Balaban J connectivity index is 2.47. The first-order valence-electron chi connectivity index (χ1n) is 5.31. The standard InChI is InChI=1S/C10H7Cl2FN6O2/c11-5-1-4(2-6(12)7(5)13)17-9-8(19(20)21)10(18-14)16-3-15-9/h1-3H,14H2,(H2,15,16,17,18). The SMILES string of the molecule is NNc1ncnc(Nc2cc(Cl)c(F)c(Cl)c2)c1[N+](=O)[O-]. The molecule has 2 aromatic rings. The summed E-state index contributed by atoms with van der Waals surface area (Å²) in [5.41, 5.74) is 1.83. The second kappa shape index (κ2) is 6.04. The molecule has 0 aliphatic carbocycles. The lowest BCUT2D eigenvalue weighted by Gasteiger charge is -2.09. The minimum atomic E-state index is -0.787. The number of hydrazine groups is 1. The fourth-order valence-corrected chi connectivity index (χ4v) is 2.00. The summed E-state index contributed by atoms with van der Waals surface area (Å²) >= 11 is 11.3. The van der Waals surface area contributed by atoms with E-state index in [0.717, 1.165) is 6.33 Å². The molecular weight excluding hydrogens is 326 g/mol. The molecule has 0 unspecified atom stereocenters. The molecule has 0 atom stereocenters. The van der Waals surface area contributed by atoms with Crippen molar-refractivity contribution in [3.05, 3.63) is 44.4 Å². The molecule has 0 fully saturated rings. The van der Waals surface area contributed by atoms with Crippen molar-refractivity contribution in [1.82, 2.24) is 9.97 Å². The normalized spacial score (nSPS) is 10.3. The van der Waals surface area contributed by atoms with Gasteiger partial charge in [-0.3, -0.25) is 10.1 Å². The van der Waals surface area contributed by atoms with Crippen molar-refractivity contribution in [1.29, 1.82) is 0 Å². The van der Waals surface area contributed by atoms with Crippen LogP contribution >= 0.6 is 23.2 Å². The van der Waals surface area contributed by atoms with Gasteiger partial charge >= 0.3 is 5.69 Å². The number of anilines is 3. The summed E-state index contributed by atoms with van der Waals surface area (Å²) in [6, 6.07) is 2.42. The van der Waals surface area contributed by atoms with Crippen molar-refractivity contribution in [3.63, 3.8) is 0 Å². The maximum Gasteiger partial charge on any atom is 0.354 e. The van der Waals surface area contributed by atoms with Crippen LogP contribution < -0.4 is 16.6 Å². The molecule has 0 saturated heterocycles. The average molecular weight is 333 g/mol. The summed E-state index contributed by atoms with van der Waals surface area (Å²) < 4.78 is 13.3. The molecule has 4 N–H and O–H groups in total. The van der Waals surface area contributed by atoms with Crippen molar-refractivity contribution >= 4 is 46.2 Å². The highest BCUT2D eigenvalue weighted by Gasteiger charge is 2.23. The fraction of sp³-hybridized carbons (Fsp3) is 0. The van der Waals surface area contributed by atoms with Gasteiger partial charge in [-0.2, -0.15) is 0 Å². The number of benzene rings is 1. The summed E-state index contributed by atoms with van der Waals surface area (Å²) in [4.78, 5) is 17.7. The molecule has 1 heterocycles. The van der Waals surface area contributed by atoms with E-state index in [1.807, 2.05) is 0 Å². The lowest BCUT2D eigenvalue weighted by molar-refractivity contribution is -0.383. The van der Waals surface area contributed by atoms with E-state index in [9.17, 15) is 14.5 Å². The number of rotatable bonds is 4. The summed E-state index contributed by atoms with van der Waals surface area (Å²) in [6.07, 6.45) is 1.07. The van der Waals surface area contributed by atoms with Crippen LogP contribution in [0.25, 0.3) is 0 Å². The Morgan fingerprint density at radius 3 is 2.33 bits per heavy atom. The van der Waals surface area contributed by atoms with E-state index in [1.165, 1.54) is 12.1 Å². The molecule has 21 heavy (non-hydrogen) atoms. The molecule has 0 amide bonds. The Morgan fingerprint density at radius 2 is 1.81 bits per heavy atom. The molecule has 1 aromatic heterocycles. The van der Waals surface area contributed by atoms with Gasteiger partial charge in [-0.25, -0.2) is 20.2 Å². The van der Waals surface area contributed by atoms with E-state index in [2.05, 4.69) is 20.7 Å². The van der Waals surface area contributed by atoms with E-state index in [1.54, 1.807) is 0 Å². The third kappa shape index (κ3) is 3.10. The second-order valence-corrected chi connectivity index (χ2v) is 4.51. The van der Waals surface area contributed by atoms with E-state index < -0.39 is 16.4 Å². The lowest BCUT2D eigenvalue weighted by atomic mass is 10.3. The minimum Gasteiger partial charge on any atom is -0.334 e. The zero-order valence-electron chi connectivity index (χ0n) is 10.1. The minimum absolute atomic E-state index is 0.151. The van der Waals surface area contributed by atoms with E-state index in [-0.39, 0.29) is 27.4 Å². The highest BCUT2D eigenvalue weighted by Crippen LogP contribution is 2.33. The maximum absolute atomic E-state index is 13.3. The lowest BCUT2D eigenvalue weighted by Crippen LogP contribution is -2.12. The topological polar surface area (TPSA) is 119 Å². The van der Waals surface area contributed by atoms with Gasteiger partial charge in [0.05, 0.1) is 15.0 Å². The first-order valence-corrected chi connectivity index (χ1v) is 6.07. The zero-order chi connectivity index (χ0) is 15.6. The number of nitrogens with zero attached hydrogens (tertiary/aromatic N) is 3. The molecule has 0 saturated carbocycles. The van der Waals surface area contributed by atoms with Crippen LogP contribution in [0.5, 0.6) is 0 Å². The Morgan fingerprint density at radius 1 is 1.24 bits per heavy atom. The van der Waals surface area contributed by atoms with E-state index >= 15 is 0 Å². The summed E-state index contributed by atoms with van der Waals surface area (Å²) in [5, 5.41) is 13.2. The van der Waals surface area contributed by atoms with Crippen LogP contribution in [0.4, 0.5) is 27.4 Å². The molecule has 0 radical (unpaired) electrons. The molecule has 110 valence electrons. The predicted molar refractivity (Wildman–Crippen MR) is 76.2 cm³/mol. The third-order valence-electron chi connectivity index (χ3n) is 2.39. The monoisotopic (exact) mass is 332 g/mol. The van der Waals surface area contributed by atoms with Gasteiger partial charge < -0.3 is 10.7 Å². The number of nitrogens with one attached hydrogen (secondary N) is 2. The molecule has 0 bridgehead atoms. The fourth-order valence-electron chi connectivity index (χ4n) is 1.51. The van der Waals surface area contributed by atoms with Crippen LogP contribution in [-0.2, 0) is 0 Å². The number of nitrogen functional groups attached to an aromatic ring is 1. The molecule has 2 rings (SSSR count). The second-order valence-electron chi connectivity index (χ2n) is 3.70. The van der Waals surface area contributed by atoms with E-state index in [4.69, 9.17) is 29.0 Å². The maximum atomic E-state index is 13.3. The number of nitro groups is 1. The van der Waals surface area contributed by atoms with Gasteiger partial charge in [0.1, 0.15) is 6.33 Å². The summed E-state index contributed by atoms with van der Waals surface area (Å²) in [5.74, 6) is 4.03. The van der Waals surface area contributed by atoms with Crippen LogP contribution in [0.3, 0.4) is 0 Å². The van der Waals surface area contributed by atoms with Crippen molar-refractivity contribution in [2.75, 3.05) is 10.7 Å². The Hall–Kier alpha value is -2.23. The highest BCUT2D eigenvalue weighted by atomic mass is 35.5. The molecule has 11 heteroatoms. The number of nitrogens with two attached hydrogens (primary N) is 1. The molecule has 8 nitrogen and oxygen atoms in total. The van der Waals surface area contributed by atoms with Crippen molar-refractivity contribution in [2.45, 2.75) is 0 Å². The van der Waals surface area contributed by atoms with Crippen LogP contribution in [-0.4, -0.2) is 14.9 Å². The van der Waals surface area contributed by atoms with Gasteiger partial charge in [0.2, 0.25) is 11.6 Å². The molecule has 0 aliphatic rings. The molecule has 1 aromatic carbocycles. The van der Waals surface area contributed by atoms with Crippen LogP contribution in [0, 0.1) is 15.9 Å². The number of halogens is 3. The van der Waals surface area contributed by atoms with E-state index in [0.29, 0.717) is 0 Å². The molecule has 0 spiro atoms. The van der Waals surface area contributed by atoms with Crippen LogP contribution in [0.2, 0.25) is 10.0 Å². The molecule has 0 aliphatic heterocycles. The van der Waals surface area contributed by atoms with Crippen molar-refractivity contribution in [3.8, 4) is 0 Å². The van der Waals surface area contributed by atoms with Gasteiger partial charge in [0.15, 0.2) is 5.82 Å². The van der Waals surface area contributed by atoms with Gasteiger partial charge in [-0.1, -0.05) is 23.2 Å². The largest absolute Gasteiger partial charge is 0.354 e. The smallest absolute Gasteiger partial charge is 0.334 e. The number of hydrogen-bond acceptors (Lipinski definition) is 7. The quantitative estimate of drug-likeness (QED) is 0.341. The van der Waals surface area contributed by atoms with Gasteiger partial charge in [-0.05, 0) is 12.1 Å².